The molecule has 1 aromatic rings. The predicted molar refractivity (Wildman–Crippen MR) is 93.9 cm³/mol. The molecule has 1 heterocycles. The number of carbonyl (C=O) groups is 2. The van der Waals surface area contributed by atoms with E-state index in [0.717, 1.165) is 5.56 Å². The van der Waals surface area contributed by atoms with Crippen LogP contribution in [-0.4, -0.2) is 50.8 Å². The van der Waals surface area contributed by atoms with Crippen LogP contribution in [0, 0.1) is 0 Å². The van der Waals surface area contributed by atoms with Gasteiger partial charge in [-0.2, -0.15) is 0 Å². The molecule has 134 valence electrons. The molecule has 25 heavy (non-hydrogen) atoms. The standard InChI is InChI=1S/C19H23NO5/c1-5-25-16-9-7-6-8-14(16)12-15-17(19(22)24-4)13(2)20(18(15)21)10-11-23-3/h6-9,12H,5,10-11H2,1-4H3. The van der Waals surface area contributed by atoms with Crippen LogP contribution in [0.3, 0.4) is 0 Å². The van der Waals surface area contributed by atoms with Gasteiger partial charge in [0.1, 0.15) is 5.75 Å². The van der Waals surface area contributed by atoms with Crippen molar-refractivity contribution in [2.24, 2.45) is 0 Å². The normalized spacial score (nSPS) is 15.9. The molecule has 1 amide bonds. The van der Waals surface area contributed by atoms with E-state index >= 15 is 0 Å². The first-order valence-corrected chi connectivity index (χ1v) is 8.09. The van der Waals surface area contributed by atoms with Crippen LogP contribution in [0.4, 0.5) is 0 Å². The lowest BCUT2D eigenvalue weighted by Gasteiger charge is -2.16. The van der Waals surface area contributed by atoms with E-state index in [1.807, 2.05) is 31.2 Å². The number of nitrogens with zero attached hydrogens (tertiary/aromatic N) is 1. The minimum Gasteiger partial charge on any atom is -0.493 e. The summed E-state index contributed by atoms with van der Waals surface area (Å²) < 4.78 is 15.5. The number of para-hydroxylation sites is 1. The van der Waals surface area contributed by atoms with E-state index in [1.165, 1.54) is 12.0 Å². The zero-order valence-corrected chi connectivity index (χ0v) is 15.0. The number of rotatable bonds is 7. The first-order chi connectivity index (χ1) is 12.0. The van der Waals surface area contributed by atoms with E-state index in [2.05, 4.69) is 0 Å². The smallest absolute Gasteiger partial charge is 0.340 e. The molecule has 0 aromatic heterocycles. The molecule has 0 aliphatic carbocycles. The number of esters is 1. The van der Waals surface area contributed by atoms with E-state index in [-0.39, 0.29) is 11.5 Å². The fraction of sp³-hybridized carbons (Fsp3) is 0.368. The third-order valence-corrected chi connectivity index (χ3v) is 3.94. The van der Waals surface area contributed by atoms with Crippen molar-refractivity contribution in [1.82, 2.24) is 4.90 Å². The molecule has 6 heteroatoms. The first-order valence-electron chi connectivity index (χ1n) is 8.09. The molecule has 1 aliphatic rings. The van der Waals surface area contributed by atoms with Crippen molar-refractivity contribution < 1.29 is 23.8 Å². The number of benzene rings is 1. The summed E-state index contributed by atoms with van der Waals surface area (Å²) in [6.45, 7) is 4.87. The molecule has 0 radical (unpaired) electrons. The van der Waals surface area contributed by atoms with Crippen LogP contribution in [0.1, 0.15) is 19.4 Å². The van der Waals surface area contributed by atoms with Gasteiger partial charge in [-0.1, -0.05) is 18.2 Å². The maximum Gasteiger partial charge on any atom is 0.340 e. The molecule has 0 N–H and O–H groups in total. The summed E-state index contributed by atoms with van der Waals surface area (Å²) in [5.41, 5.74) is 1.87. The Balaban J connectivity index is 2.51. The van der Waals surface area contributed by atoms with Gasteiger partial charge in [0, 0.05) is 24.9 Å². The van der Waals surface area contributed by atoms with Gasteiger partial charge in [-0.15, -0.1) is 0 Å². The van der Waals surface area contributed by atoms with Crippen molar-refractivity contribution in [2.75, 3.05) is 34.0 Å². The molecule has 0 unspecified atom stereocenters. The summed E-state index contributed by atoms with van der Waals surface area (Å²) in [6.07, 6.45) is 1.68. The number of carbonyl (C=O) groups excluding carboxylic acids is 2. The van der Waals surface area contributed by atoms with Crippen LogP contribution in [0.25, 0.3) is 6.08 Å². The first kappa shape index (κ1) is 18.7. The number of hydrogen-bond acceptors (Lipinski definition) is 5. The SMILES string of the molecule is CCOc1ccccc1C=C1C(=O)N(CCOC)C(C)=C1C(=O)OC. The summed E-state index contributed by atoms with van der Waals surface area (Å²) in [7, 11) is 2.87. The second-order valence-corrected chi connectivity index (χ2v) is 5.43. The van der Waals surface area contributed by atoms with Crippen molar-refractivity contribution in [2.45, 2.75) is 13.8 Å². The number of hydrogen-bond donors (Lipinski definition) is 0. The van der Waals surface area contributed by atoms with Gasteiger partial charge < -0.3 is 19.1 Å². The third kappa shape index (κ3) is 3.91. The fourth-order valence-corrected chi connectivity index (χ4v) is 2.72. The lowest BCUT2D eigenvalue weighted by molar-refractivity contribution is -0.136. The second-order valence-electron chi connectivity index (χ2n) is 5.43. The molecular formula is C19H23NO5. The van der Waals surface area contributed by atoms with Gasteiger partial charge in [0.25, 0.3) is 5.91 Å². The highest BCUT2D eigenvalue weighted by molar-refractivity contribution is 6.16. The van der Waals surface area contributed by atoms with E-state index in [0.29, 0.717) is 36.8 Å². The van der Waals surface area contributed by atoms with Gasteiger partial charge in [0.15, 0.2) is 0 Å². The Morgan fingerprint density at radius 1 is 1.24 bits per heavy atom. The Morgan fingerprint density at radius 2 is 1.96 bits per heavy atom. The average molecular weight is 345 g/mol. The van der Waals surface area contributed by atoms with Crippen molar-refractivity contribution in [3.8, 4) is 5.75 Å². The monoisotopic (exact) mass is 345 g/mol. The van der Waals surface area contributed by atoms with E-state index < -0.39 is 5.97 Å². The maximum atomic E-state index is 12.8. The number of ether oxygens (including phenoxy) is 3. The molecule has 1 aromatic carbocycles. The Morgan fingerprint density at radius 3 is 2.60 bits per heavy atom. The summed E-state index contributed by atoms with van der Waals surface area (Å²) in [6, 6.07) is 7.38. The van der Waals surface area contributed by atoms with Gasteiger partial charge >= 0.3 is 5.97 Å². The maximum absolute atomic E-state index is 12.8. The van der Waals surface area contributed by atoms with E-state index in [4.69, 9.17) is 14.2 Å². The average Bonchev–Trinajstić information content (AvgIpc) is 2.84. The molecule has 0 saturated heterocycles. The van der Waals surface area contributed by atoms with Crippen LogP contribution < -0.4 is 4.74 Å². The molecule has 0 spiro atoms. The van der Waals surface area contributed by atoms with Crippen LogP contribution in [0.5, 0.6) is 5.75 Å². The number of amides is 1. The topological polar surface area (TPSA) is 65.1 Å². The van der Waals surface area contributed by atoms with E-state index in [1.54, 1.807) is 20.1 Å². The molecule has 2 rings (SSSR count). The van der Waals surface area contributed by atoms with Crippen LogP contribution >= 0.6 is 0 Å². The highest BCUT2D eigenvalue weighted by Gasteiger charge is 2.36. The largest absolute Gasteiger partial charge is 0.493 e. The van der Waals surface area contributed by atoms with Gasteiger partial charge in [0.2, 0.25) is 0 Å². The predicted octanol–water partition coefficient (Wildman–Crippen LogP) is 2.40. The molecule has 0 atom stereocenters. The Labute approximate surface area is 147 Å². The van der Waals surface area contributed by atoms with Crippen molar-refractivity contribution >= 4 is 18.0 Å². The van der Waals surface area contributed by atoms with Crippen LogP contribution in [-0.2, 0) is 19.1 Å². The van der Waals surface area contributed by atoms with Crippen LogP contribution in [0.2, 0.25) is 0 Å². The van der Waals surface area contributed by atoms with Gasteiger partial charge in [-0.05, 0) is 26.0 Å². The second kappa shape index (κ2) is 8.48. The van der Waals surface area contributed by atoms with Crippen molar-refractivity contribution in [3.05, 3.63) is 46.7 Å². The zero-order valence-electron chi connectivity index (χ0n) is 15.0. The molecular weight excluding hydrogens is 322 g/mol. The van der Waals surface area contributed by atoms with Crippen LogP contribution in [0.15, 0.2) is 41.1 Å². The molecule has 1 aliphatic heterocycles. The van der Waals surface area contributed by atoms with Gasteiger partial charge in [-0.25, -0.2) is 4.79 Å². The minimum absolute atomic E-state index is 0.249. The Kier molecular flexibility index (Phi) is 6.36. The lowest BCUT2D eigenvalue weighted by Crippen LogP contribution is -2.28. The molecule has 0 bridgehead atoms. The number of methoxy groups -OCH3 is 2. The van der Waals surface area contributed by atoms with Crippen molar-refractivity contribution in [1.29, 1.82) is 0 Å². The highest BCUT2D eigenvalue weighted by Crippen LogP contribution is 2.33. The summed E-state index contributed by atoms with van der Waals surface area (Å²) in [5, 5.41) is 0. The summed E-state index contributed by atoms with van der Waals surface area (Å²) in [5.74, 6) is -0.130. The van der Waals surface area contributed by atoms with E-state index in [9.17, 15) is 9.59 Å². The summed E-state index contributed by atoms with van der Waals surface area (Å²) in [4.78, 5) is 26.6. The highest BCUT2D eigenvalue weighted by atomic mass is 16.5. The van der Waals surface area contributed by atoms with Gasteiger partial charge in [-0.3, -0.25) is 4.79 Å². The number of allylic oxidation sites excluding steroid dienone is 1. The minimum atomic E-state index is -0.536. The fourth-order valence-electron chi connectivity index (χ4n) is 2.72. The molecule has 0 fully saturated rings. The zero-order chi connectivity index (χ0) is 18.4. The molecule has 0 saturated carbocycles. The lowest BCUT2D eigenvalue weighted by atomic mass is 10.0. The molecule has 6 nitrogen and oxygen atoms in total. The third-order valence-electron chi connectivity index (χ3n) is 3.94. The Bertz CT molecular complexity index is 720. The Hall–Kier alpha value is -2.60. The summed E-state index contributed by atoms with van der Waals surface area (Å²) >= 11 is 0. The van der Waals surface area contributed by atoms with Crippen molar-refractivity contribution in [3.63, 3.8) is 0 Å². The quantitative estimate of drug-likeness (QED) is 0.561. The van der Waals surface area contributed by atoms with Gasteiger partial charge in [0.05, 0.1) is 31.5 Å².